The van der Waals surface area contributed by atoms with Gasteiger partial charge in [0.05, 0.1) is 17.9 Å². The van der Waals surface area contributed by atoms with Gasteiger partial charge in [-0.15, -0.1) is 0 Å². The Morgan fingerprint density at radius 3 is 2.60 bits per heavy atom. The van der Waals surface area contributed by atoms with E-state index in [1.807, 2.05) is 6.07 Å². The van der Waals surface area contributed by atoms with E-state index in [1.165, 1.54) is 0 Å². The zero-order valence-electron chi connectivity index (χ0n) is 13.7. The summed E-state index contributed by atoms with van der Waals surface area (Å²) in [5, 5.41) is 19.3. The summed E-state index contributed by atoms with van der Waals surface area (Å²) in [6.07, 6.45) is 5.02. The van der Waals surface area contributed by atoms with Crippen molar-refractivity contribution in [2.45, 2.75) is 19.9 Å². The molecule has 1 aromatic heterocycles. The van der Waals surface area contributed by atoms with Crippen LogP contribution in [0, 0.1) is 5.92 Å². The van der Waals surface area contributed by atoms with Gasteiger partial charge in [0.1, 0.15) is 5.92 Å². The van der Waals surface area contributed by atoms with Crippen LogP contribution in [-0.2, 0) is 9.59 Å². The lowest BCUT2D eigenvalue weighted by molar-refractivity contribution is -0.140. The minimum absolute atomic E-state index is 0.0479. The minimum atomic E-state index is -1.18. The van der Waals surface area contributed by atoms with Gasteiger partial charge >= 0.3 is 11.9 Å². The normalized spacial score (nSPS) is 20.3. The Balaban J connectivity index is 2.24. The molecule has 2 atom stereocenters. The molecular formula is C18H17N3O4. The molecule has 0 amide bonds. The minimum Gasteiger partial charge on any atom is -0.481 e. The van der Waals surface area contributed by atoms with Crippen molar-refractivity contribution >= 4 is 23.2 Å². The summed E-state index contributed by atoms with van der Waals surface area (Å²) < 4.78 is 1.77. The fraction of sp³-hybridized carbons (Fsp3) is 0.222. The molecule has 25 heavy (non-hydrogen) atoms. The average Bonchev–Trinajstić information content (AvgIpc) is 3.07. The van der Waals surface area contributed by atoms with Crippen molar-refractivity contribution in [3.05, 3.63) is 54.1 Å². The molecule has 0 spiro atoms. The van der Waals surface area contributed by atoms with Crippen molar-refractivity contribution in [3.63, 3.8) is 0 Å². The Morgan fingerprint density at radius 1 is 1.24 bits per heavy atom. The zero-order valence-corrected chi connectivity index (χ0v) is 13.7. The van der Waals surface area contributed by atoms with Crippen LogP contribution in [0.2, 0.25) is 0 Å². The number of aliphatic imine (C=N–C) groups is 1. The maximum atomic E-state index is 11.8. The molecule has 2 N–H and O–H groups in total. The van der Waals surface area contributed by atoms with Crippen LogP contribution in [0.4, 0.5) is 0 Å². The number of aromatic nitrogens is 2. The summed E-state index contributed by atoms with van der Waals surface area (Å²) in [5.74, 6) is -3.29. The van der Waals surface area contributed by atoms with Crippen molar-refractivity contribution in [2.75, 3.05) is 0 Å². The number of imidazole rings is 1. The molecule has 1 aliphatic rings. The predicted octanol–water partition coefficient (Wildman–Crippen LogP) is 2.27. The van der Waals surface area contributed by atoms with Gasteiger partial charge in [0.2, 0.25) is 0 Å². The molecular weight excluding hydrogens is 322 g/mol. The van der Waals surface area contributed by atoms with Gasteiger partial charge in [-0.25, -0.2) is 9.78 Å². The first-order valence-electron chi connectivity index (χ1n) is 7.74. The van der Waals surface area contributed by atoms with E-state index < -0.39 is 23.9 Å². The summed E-state index contributed by atoms with van der Waals surface area (Å²) in [6, 6.07) is 6.55. The molecule has 2 aromatic rings. The highest BCUT2D eigenvalue weighted by molar-refractivity contribution is 6.25. The molecule has 7 heteroatoms. The lowest BCUT2D eigenvalue weighted by Gasteiger charge is -2.28. The van der Waals surface area contributed by atoms with Crippen LogP contribution in [0.3, 0.4) is 0 Å². The first-order valence-corrected chi connectivity index (χ1v) is 7.74. The number of dihydropyridines is 1. The Labute approximate surface area is 144 Å². The van der Waals surface area contributed by atoms with Gasteiger partial charge in [-0.3, -0.25) is 9.79 Å². The quantitative estimate of drug-likeness (QED) is 0.889. The highest BCUT2D eigenvalue weighted by Crippen LogP contribution is 2.36. The topological polar surface area (TPSA) is 105 Å². The standard InChI is InChI=1S/C18H17N3O4/c1-10-14(17(22)23)16(15(18(24)25)11(2)20-10)12-4-3-5-13(8-12)21-7-6-19-9-21/h3-10,14H,1-2H3,(H,22,23)(H,24,25). The maximum Gasteiger partial charge on any atom is 0.337 e. The lowest BCUT2D eigenvalue weighted by atomic mass is 9.80. The Kier molecular flexibility index (Phi) is 4.22. The van der Waals surface area contributed by atoms with Crippen molar-refractivity contribution in [1.82, 2.24) is 9.55 Å². The van der Waals surface area contributed by atoms with Crippen molar-refractivity contribution in [3.8, 4) is 5.69 Å². The van der Waals surface area contributed by atoms with E-state index in [9.17, 15) is 19.8 Å². The summed E-state index contributed by atoms with van der Waals surface area (Å²) in [6.45, 7) is 3.28. The molecule has 0 bridgehead atoms. The second-order valence-electron chi connectivity index (χ2n) is 5.89. The molecule has 0 saturated heterocycles. The fourth-order valence-corrected chi connectivity index (χ4v) is 3.21. The molecule has 128 valence electrons. The molecule has 3 rings (SSSR count). The first-order chi connectivity index (χ1) is 11.9. The maximum absolute atomic E-state index is 11.8. The van der Waals surface area contributed by atoms with E-state index in [-0.39, 0.29) is 11.1 Å². The molecule has 7 nitrogen and oxygen atoms in total. The molecule has 1 aromatic carbocycles. The Morgan fingerprint density at radius 2 is 2.00 bits per heavy atom. The number of carboxylic acid groups (broad SMARTS) is 2. The largest absolute Gasteiger partial charge is 0.481 e. The van der Waals surface area contributed by atoms with E-state index in [0.717, 1.165) is 5.69 Å². The average molecular weight is 339 g/mol. The molecule has 2 heterocycles. The van der Waals surface area contributed by atoms with E-state index in [2.05, 4.69) is 9.98 Å². The lowest BCUT2D eigenvalue weighted by Crippen LogP contribution is -2.33. The molecule has 0 radical (unpaired) electrons. The summed E-state index contributed by atoms with van der Waals surface area (Å²) in [7, 11) is 0. The smallest absolute Gasteiger partial charge is 0.337 e. The second-order valence-corrected chi connectivity index (χ2v) is 5.89. The zero-order chi connectivity index (χ0) is 18.1. The molecule has 0 aliphatic carbocycles. The number of carboxylic acids is 2. The molecule has 1 aliphatic heterocycles. The van der Waals surface area contributed by atoms with Crippen LogP contribution < -0.4 is 0 Å². The summed E-state index contributed by atoms with van der Waals surface area (Å²) in [5.41, 5.74) is 1.89. The number of aliphatic carboxylic acids is 2. The van der Waals surface area contributed by atoms with E-state index in [1.54, 1.807) is 55.3 Å². The molecule has 0 saturated carbocycles. The van der Waals surface area contributed by atoms with E-state index in [4.69, 9.17) is 0 Å². The Hall–Kier alpha value is -3.22. The van der Waals surface area contributed by atoms with Gasteiger partial charge in [0, 0.05) is 23.8 Å². The molecule has 2 unspecified atom stereocenters. The monoisotopic (exact) mass is 339 g/mol. The third kappa shape index (κ3) is 2.96. The predicted molar refractivity (Wildman–Crippen MR) is 91.8 cm³/mol. The highest BCUT2D eigenvalue weighted by Gasteiger charge is 2.37. The van der Waals surface area contributed by atoms with E-state index >= 15 is 0 Å². The van der Waals surface area contributed by atoms with Crippen LogP contribution >= 0.6 is 0 Å². The van der Waals surface area contributed by atoms with Crippen LogP contribution in [0.25, 0.3) is 11.3 Å². The molecule has 0 fully saturated rings. The van der Waals surface area contributed by atoms with Gasteiger partial charge in [-0.2, -0.15) is 0 Å². The number of carbonyl (C=O) groups is 2. The van der Waals surface area contributed by atoms with Crippen LogP contribution in [-0.4, -0.2) is 43.5 Å². The van der Waals surface area contributed by atoms with Gasteiger partial charge in [-0.1, -0.05) is 12.1 Å². The third-order valence-corrected chi connectivity index (χ3v) is 4.26. The summed E-state index contributed by atoms with van der Waals surface area (Å²) in [4.78, 5) is 31.8. The summed E-state index contributed by atoms with van der Waals surface area (Å²) >= 11 is 0. The fourth-order valence-electron chi connectivity index (χ4n) is 3.21. The third-order valence-electron chi connectivity index (χ3n) is 4.26. The van der Waals surface area contributed by atoms with Gasteiger partial charge in [0.25, 0.3) is 0 Å². The van der Waals surface area contributed by atoms with E-state index in [0.29, 0.717) is 11.3 Å². The van der Waals surface area contributed by atoms with Gasteiger partial charge in [-0.05, 0) is 37.1 Å². The number of nitrogens with zero attached hydrogens (tertiary/aromatic N) is 3. The Bertz CT molecular complexity index is 897. The van der Waals surface area contributed by atoms with Crippen LogP contribution in [0.5, 0.6) is 0 Å². The van der Waals surface area contributed by atoms with Crippen molar-refractivity contribution in [2.24, 2.45) is 10.9 Å². The van der Waals surface area contributed by atoms with Crippen LogP contribution in [0.1, 0.15) is 19.4 Å². The number of benzene rings is 1. The number of hydrogen-bond donors (Lipinski definition) is 2. The number of hydrogen-bond acceptors (Lipinski definition) is 4. The van der Waals surface area contributed by atoms with Gasteiger partial charge in [0.15, 0.2) is 0 Å². The van der Waals surface area contributed by atoms with Crippen molar-refractivity contribution < 1.29 is 19.8 Å². The first kappa shape index (κ1) is 16.6. The van der Waals surface area contributed by atoms with Crippen LogP contribution in [0.15, 0.2) is 53.6 Å². The van der Waals surface area contributed by atoms with Gasteiger partial charge < -0.3 is 14.8 Å². The highest BCUT2D eigenvalue weighted by atomic mass is 16.4. The second kappa shape index (κ2) is 6.35. The van der Waals surface area contributed by atoms with Crippen molar-refractivity contribution in [1.29, 1.82) is 0 Å². The number of rotatable bonds is 4. The SMILES string of the molecule is CC1=NC(C)C(C(=O)O)C(c2cccc(-n3ccnc3)c2)=C1C(=O)O.